The third-order valence-electron chi connectivity index (χ3n) is 1.65. The van der Waals surface area contributed by atoms with Crippen LogP contribution in [-0.2, 0) is 0 Å². The average molecular weight is 235 g/mol. The summed E-state index contributed by atoms with van der Waals surface area (Å²) in [4.78, 5) is 0. The van der Waals surface area contributed by atoms with Crippen molar-refractivity contribution in [2.75, 3.05) is 6.61 Å². The number of nitrogens with zero attached hydrogens (tertiary/aromatic N) is 1. The molecule has 0 fully saturated rings. The van der Waals surface area contributed by atoms with Gasteiger partial charge in [-0.15, -0.1) is 0 Å². The lowest BCUT2D eigenvalue weighted by molar-refractivity contribution is 0.362. The van der Waals surface area contributed by atoms with E-state index in [0.29, 0.717) is 6.61 Å². The summed E-state index contributed by atoms with van der Waals surface area (Å²) >= 11 is 4.62. The largest absolute Gasteiger partial charge is 0.489 e. The van der Waals surface area contributed by atoms with E-state index < -0.39 is 0 Å². The zero-order valence-corrected chi connectivity index (χ0v) is 9.54. The van der Waals surface area contributed by atoms with Crippen molar-refractivity contribution in [1.29, 1.82) is 0 Å². The molecular formula is C11H13N3OS. The molecule has 0 radical (unpaired) electrons. The van der Waals surface area contributed by atoms with Crippen molar-refractivity contribution >= 4 is 23.5 Å². The van der Waals surface area contributed by atoms with Gasteiger partial charge in [0.25, 0.3) is 0 Å². The van der Waals surface area contributed by atoms with Crippen LogP contribution >= 0.6 is 12.2 Å². The Labute approximate surface area is 99.8 Å². The molecule has 0 heterocycles. The Morgan fingerprint density at radius 3 is 3.00 bits per heavy atom. The van der Waals surface area contributed by atoms with Crippen LogP contribution in [0.4, 0.5) is 0 Å². The second kappa shape index (κ2) is 6.58. The van der Waals surface area contributed by atoms with Crippen LogP contribution < -0.4 is 15.9 Å². The number of rotatable bonds is 5. The van der Waals surface area contributed by atoms with Crippen LogP contribution in [0.15, 0.2) is 42.0 Å². The van der Waals surface area contributed by atoms with E-state index in [2.05, 4.69) is 29.3 Å². The summed E-state index contributed by atoms with van der Waals surface area (Å²) in [6.45, 7) is 4.04. The molecule has 16 heavy (non-hydrogen) atoms. The van der Waals surface area contributed by atoms with Crippen molar-refractivity contribution in [3.8, 4) is 5.75 Å². The molecule has 0 aromatic heterocycles. The summed E-state index contributed by atoms with van der Waals surface area (Å²) < 4.78 is 5.44. The zero-order chi connectivity index (χ0) is 11.8. The molecule has 0 aliphatic carbocycles. The Morgan fingerprint density at radius 1 is 1.56 bits per heavy atom. The van der Waals surface area contributed by atoms with Crippen molar-refractivity contribution in [3.63, 3.8) is 0 Å². The van der Waals surface area contributed by atoms with Crippen molar-refractivity contribution in [1.82, 2.24) is 5.43 Å². The van der Waals surface area contributed by atoms with Gasteiger partial charge in [0.2, 0.25) is 0 Å². The lowest BCUT2D eigenvalue weighted by Crippen LogP contribution is -2.24. The van der Waals surface area contributed by atoms with E-state index in [4.69, 9.17) is 10.5 Å². The van der Waals surface area contributed by atoms with Crippen molar-refractivity contribution in [3.05, 3.63) is 42.5 Å². The molecule has 0 aliphatic heterocycles. The SMILES string of the molecule is C=CCOc1ccccc1C=NNC(N)=S. The van der Waals surface area contributed by atoms with Gasteiger partial charge < -0.3 is 10.5 Å². The van der Waals surface area contributed by atoms with Crippen molar-refractivity contribution in [2.24, 2.45) is 10.8 Å². The first-order valence-corrected chi connectivity index (χ1v) is 5.06. The molecule has 0 bridgehead atoms. The summed E-state index contributed by atoms with van der Waals surface area (Å²) in [5.74, 6) is 0.732. The van der Waals surface area contributed by atoms with Crippen LogP contribution in [0.25, 0.3) is 0 Å². The minimum Gasteiger partial charge on any atom is -0.489 e. The topological polar surface area (TPSA) is 59.6 Å². The van der Waals surface area contributed by atoms with Gasteiger partial charge in [0.05, 0.1) is 6.21 Å². The molecule has 1 aromatic rings. The lowest BCUT2D eigenvalue weighted by Gasteiger charge is -2.05. The molecule has 4 nitrogen and oxygen atoms in total. The van der Waals surface area contributed by atoms with Gasteiger partial charge in [-0.05, 0) is 24.4 Å². The first kappa shape index (κ1) is 12.2. The van der Waals surface area contributed by atoms with Crippen molar-refractivity contribution < 1.29 is 4.74 Å². The monoisotopic (exact) mass is 235 g/mol. The molecule has 0 aliphatic rings. The average Bonchev–Trinajstić information content (AvgIpc) is 2.27. The molecule has 1 aromatic carbocycles. The number of para-hydroxylation sites is 1. The summed E-state index contributed by atoms with van der Waals surface area (Å²) in [6.07, 6.45) is 3.28. The fourth-order valence-electron chi connectivity index (χ4n) is 1.03. The minimum absolute atomic E-state index is 0.126. The Hall–Kier alpha value is -1.88. The van der Waals surface area contributed by atoms with Crippen LogP contribution in [0.1, 0.15) is 5.56 Å². The van der Waals surface area contributed by atoms with Crippen LogP contribution in [0.2, 0.25) is 0 Å². The lowest BCUT2D eigenvalue weighted by atomic mass is 10.2. The Bertz CT molecular complexity index is 404. The quantitative estimate of drug-likeness (QED) is 0.351. The summed E-state index contributed by atoms with van der Waals surface area (Å²) in [5, 5.41) is 3.99. The van der Waals surface area contributed by atoms with E-state index in [0.717, 1.165) is 11.3 Å². The first-order valence-electron chi connectivity index (χ1n) is 4.65. The number of benzene rings is 1. The van der Waals surface area contributed by atoms with Crippen LogP contribution in [0.5, 0.6) is 5.75 Å². The molecule has 0 amide bonds. The third kappa shape index (κ3) is 4.10. The normalized spacial score (nSPS) is 10.0. The van der Waals surface area contributed by atoms with E-state index in [1.54, 1.807) is 12.3 Å². The molecule has 0 saturated heterocycles. The van der Waals surface area contributed by atoms with E-state index in [9.17, 15) is 0 Å². The van der Waals surface area contributed by atoms with Crippen LogP contribution in [0, 0.1) is 0 Å². The minimum atomic E-state index is 0.126. The Kier molecular flexibility index (Phi) is 5.01. The number of nitrogens with two attached hydrogens (primary N) is 1. The molecule has 0 spiro atoms. The van der Waals surface area contributed by atoms with Gasteiger partial charge in [-0.2, -0.15) is 5.10 Å². The van der Waals surface area contributed by atoms with Crippen LogP contribution in [0.3, 0.4) is 0 Å². The summed E-state index contributed by atoms with van der Waals surface area (Å²) in [5.41, 5.74) is 8.56. The summed E-state index contributed by atoms with van der Waals surface area (Å²) in [7, 11) is 0. The predicted octanol–water partition coefficient (Wildman–Crippen LogP) is 1.42. The molecule has 3 N–H and O–H groups in total. The molecule has 0 atom stereocenters. The smallest absolute Gasteiger partial charge is 0.184 e. The second-order valence-electron chi connectivity index (χ2n) is 2.87. The first-order chi connectivity index (χ1) is 7.74. The third-order valence-corrected chi connectivity index (χ3v) is 1.75. The van der Waals surface area contributed by atoms with Gasteiger partial charge in [0, 0.05) is 5.56 Å². The van der Waals surface area contributed by atoms with E-state index in [-0.39, 0.29) is 5.11 Å². The number of thiocarbonyl (C=S) groups is 1. The maximum atomic E-state index is 5.44. The Balaban J connectivity index is 2.73. The maximum Gasteiger partial charge on any atom is 0.184 e. The highest BCUT2D eigenvalue weighted by atomic mass is 32.1. The van der Waals surface area contributed by atoms with Gasteiger partial charge in [0.1, 0.15) is 12.4 Å². The number of hydrogen-bond acceptors (Lipinski definition) is 3. The predicted molar refractivity (Wildman–Crippen MR) is 69.6 cm³/mol. The van der Waals surface area contributed by atoms with Crippen molar-refractivity contribution in [2.45, 2.75) is 0 Å². The highest BCUT2D eigenvalue weighted by Gasteiger charge is 1.98. The highest BCUT2D eigenvalue weighted by molar-refractivity contribution is 7.80. The molecule has 1 rings (SSSR count). The fraction of sp³-hybridized carbons (Fsp3) is 0.0909. The second-order valence-corrected chi connectivity index (χ2v) is 3.31. The van der Waals surface area contributed by atoms with Gasteiger partial charge >= 0.3 is 0 Å². The molecular weight excluding hydrogens is 222 g/mol. The molecule has 0 unspecified atom stereocenters. The highest BCUT2D eigenvalue weighted by Crippen LogP contribution is 2.15. The van der Waals surface area contributed by atoms with Gasteiger partial charge in [-0.3, -0.25) is 5.43 Å². The number of hydrazone groups is 1. The standard InChI is InChI=1S/C11H13N3OS/c1-2-7-15-10-6-4-3-5-9(10)8-13-14-11(12)16/h2-6,8H,1,7H2,(H3,12,14,16). The van der Waals surface area contributed by atoms with Crippen LogP contribution in [-0.4, -0.2) is 17.9 Å². The van der Waals surface area contributed by atoms with Gasteiger partial charge in [-0.1, -0.05) is 24.8 Å². The zero-order valence-electron chi connectivity index (χ0n) is 8.72. The fourth-order valence-corrected chi connectivity index (χ4v) is 1.09. The Morgan fingerprint density at radius 2 is 2.31 bits per heavy atom. The van der Waals surface area contributed by atoms with Gasteiger partial charge in [-0.25, -0.2) is 0 Å². The van der Waals surface area contributed by atoms with E-state index in [1.165, 1.54) is 0 Å². The van der Waals surface area contributed by atoms with E-state index >= 15 is 0 Å². The molecule has 0 saturated carbocycles. The molecule has 84 valence electrons. The number of nitrogens with one attached hydrogen (secondary N) is 1. The van der Waals surface area contributed by atoms with Gasteiger partial charge in [0.15, 0.2) is 5.11 Å². The number of ether oxygens (including phenoxy) is 1. The maximum absolute atomic E-state index is 5.44. The van der Waals surface area contributed by atoms with E-state index in [1.807, 2.05) is 24.3 Å². The summed E-state index contributed by atoms with van der Waals surface area (Å²) in [6, 6.07) is 7.51. The molecule has 5 heteroatoms. The number of hydrogen-bond donors (Lipinski definition) is 2.